The number of alkyl halides is 3. The molecule has 1 fully saturated rings. The first-order valence-electron chi connectivity index (χ1n) is 14.4. The fraction of sp³-hybridized carbons (Fsp3) is 0.400. The highest BCUT2D eigenvalue weighted by molar-refractivity contribution is 5.74. The van der Waals surface area contributed by atoms with Gasteiger partial charge in [-0.3, -0.25) is 9.59 Å². The van der Waals surface area contributed by atoms with E-state index >= 15 is 0 Å². The number of carbonyl (C=O) groups excluding carboxylic acids is 1. The molecule has 1 aliphatic heterocycles. The number of benzene rings is 1. The molecule has 4 heterocycles. The van der Waals surface area contributed by atoms with E-state index in [0.29, 0.717) is 22.6 Å². The number of nitrogens with one attached hydrogen (secondary N) is 1. The number of carbonyl (C=O) groups is 1. The third kappa shape index (κ3) is 7.84. The molecule has 1 N–H and O–H groups in total. The van der Waals surface area contributed by atoms with E-state index in [2.05, 4.69) is 30.6 Å². The summed E-state index contributed by atoms with van der Waals surface area (Å²) >= 11 is 0. The first kappa shape index (κ1) is 31.6. The van der Waals surface area contributed by atoms with Gasteiger partial charge in [0, 0.05) is 30.9 Å². The lowest BCUT2D eigenvalue weighted by molar-refractivity contribution is -0.138. The van der Waals surface area contributed by atoms with Gasteiger partial charge in [0.05, 0.1) is 51.0 Å². The average Bonchev–Trinajstić information content (AvgIpc) is 3.51. The summed E-state index contributed by atoms with van der Waals surface area (Å²) in [5.41, 5.74) is -1.25. The number of pyridine rings is 1. The van der Waals surface area contributed by atoms with E-state index in [4.69, 9.17) is 9.47 Å². The molecule has 5 rings (SSSR count). The smallest absolute Gasteiger partial charge is 0.423 e. The number of piperidine rings is 1. The second-order valence-corrected chi connectivity index (χ2v) is 10.8. The Morgan fingerprint density at radius 3 is 2.51 bits per heavy atom. The normalized spacial score (nSPS) is 14.7. The zero-order valence-corrected chi connectivity index (χ0v) is 24.8. The van der Waals surface area contributed by atoms with Crippen LogP contribution in [0.3, 0.4) is 0 Å². The van der Waals surface area contributed by atoms with E-state index in [9.17, 15) is 22.8 Å². The minimum atomic E-state index is -4.89. The molecule has 1 unspecified atom stereocenters. The van der Waals surface area contributed by atoms with Gasteiger partial charge in [0.25, 0.3) is 5.56 Å². The van der Waals surface area contributed by atoms with E-state index in [1.54, 1.807) is 43.5 Å². The Labute approximate surface area is 256 Å². The molecule has 0 spiro atoms. The Balaban J connectivity index is 1.13. The molecule has 0 bridgehead atoms. The first-order chi connectivity index (χ1) is 21.6. The van der Waals surface area contributed by atoms with Crippen molar-refractivity contribution in [2.75, 3.05) is 37.0 Å². The summed E-state index contributed by atoms with van der Waals surface area (Å²) in [6.07, 6.45) is 1.91. The van der Waals surface area contributed by atoms with E-state index in [-0.39, 0.29) is 25.8 Å². The monoisotopic (exact) mass is 626 g/mol. The van der Waals surface area contributed by atoms with Crippen molar-refractivity contribution >= 4 is 17.8 Å². The molecule has 238 valence electrons. The minimum Gasteiger partial charge on any atom is -0.497 e. The molecule has 12 nitrogen and oxygen atoms in total. The Hall–Kier alpha value is -4.79. The second-order valence-electron chi connectivity index (χ2n) is 10.8. The number of hydrogen-bond donors (Lipinski definition) is 1. The lowest BCUT2D eigenvalue weighted by Crippen LogP contribution is -2.35. The first-order valence-corrected chi connectivity index (χ1v) is 14.4. The maximum absolute atomic E-state index is 14.0. The highest BCUT2D eigenvalue weighted by atomic mass is 19.4. The minimum absolute atomic E-state index is 0.0490. The predicted octanol–water partition coefficient (Wildman–Crippen LogP) is 3.98. The molecule has 15 heteroatoms. The van der Waals surface area contributed by atoms with Gasteiger partial charge in [-0.1, -0.05) is 17.3 Å². The second kappa shape index (κ2) is 13.9. The fourth-order valence-corrected chi connectivity index (χ4v) is 5.11. The molecule has 0 amide bonds. The number of aromatic nitrogens is 6. The van der Waals surface area contributed by atoms with Gasteiger partial charge in [0.1, 0.15) is 22.8 Å². The van der Waals surface area contributed by atoms with E-state index < -0.39 is 29.0 Å². The lowest BCUT2D eigenvalue weighted by atomic mass is 10.1. The molecule has 0 aliphatic carbocycles. The van der Waals surface area contributed by atoms with Gasteiger partial charge >= 0.3 is 6.18 Å². The van der Waals surface area contributed by atoms with Crippen molar-refractivity contribution in [1.82, 2.24) is 29.8 Å². The quantitative estimate of drug-likeness (QED) is 0.231. The van der Waals surface area contributed by atoms with Crippen molar-refractivity contribution in [2.45, 2.75) is 51.2 Å². The molecular formula is C30H33F3N8O4. The summed E-state index contributed by atoms with van der Waals surface area (Å²) in [7, 11) is 1.50. The Bertz CT molecular complexity index is 1630. The average molecular weight is 627 g/mol. The van der Waals surface area contributed by atoms with E-state index in [0.717, 1.165) is 48.9 Å². The number of hydrogen-bond acceptors (Lipinski definition) is 10. The largest absolute Gasteiger partial charge is 0.497 e. The third-order valence-corrected chi connectivity index (χ3v) is 7.47. The zero-order chi connectivity index (χ0) is 32.0. The zero-order valence-electron chi connectivity index (χ0n) is 24.8. The van der Waals surface area contributed by atoms with Crippen LogP contribution < -0.4 is 20.5 Å². The number of aldehydes is 1. The molecule has 4 aromatic rings. The number of methoxy groups -OCH3 is 1. The van der Waals surface area contributed by atoms with Crippen LogP contribution in [-0.2, 0) is 24.1 Å². The molecule has 1 saturated heterocycles. The molecule has 0 saturated carbocycles. The highest BCUT2D eigenvalue weighted by Gasteiger charge is 2.38. The Morgan fingerprint density at radius 1 is 1.11 bits per heavy atom. The SMILES string of the molecule is COc1ccc(Cn2ncc(NC(C)COCc3cn(C4CCN(c5ccc(C=O)cn5)CC4)nn3)c(C(F)(F)F)c2=O)cc1. The van der Waals surface area contributed by atoms with Crippen molar-refractivity contribution in [1.29, 1.82) is 0 Å². The molecule has 1 atom stereocenters. The van der Waals surface area contributed by atoms with Crippen LogP contribution >= 0.6 is 0 Å². The van der Waals surface area contributed by atoms with Gasteiger partial charge in [-0.25, -0.2) is 14.3 Å². The Kier molecular flexibility index (Phi) is 9.76. The van der Waals surface area contributed by atoms with Crippen LogP contribution in [-0.4, -0.2) is 68.9 Å². The summed E-state index contributed by atoms with van der Waals surface area (Å²) in [6, 6.07) is 9.79. The number of anilines is 2. The van der Waals surface area contributed by atoms with E-state index in [1.165, 1.54) is 7.11 Å². The maximum atomic E-state index is 14.0. The van der Waals surface area contributed by atoms with Crippen molar-refractivity contribution in [3.05, 3.63) is 87.7 Å². The Morgan fingerprint density at radius 2 is 1.87 bits per heavy atom. The van der Waals surface area contributed by atoms with Crippen LogP contribution in [0, 0.1) is 0 Å². The summed E-state index contributed by atoms with van der Waals surface area (Å²) in [6.45, 7) is 3.23. The predicted molar refractivity (Wildman–Crippen MR) is 158 cm³/mol. The summed E-state index contributed by atoms with van der Waals surface area (Å²) in [5.74, 6) is 1.41. The molecule has 1 aromatic carbocycles. The highest BCUT2D eigenvalue weighted by Crippen LogP contribution is 2.32. The van der Waals surface area contributed by atoms with Crippen molar-refractivity contribution in [2.24, 2.45) is 0 Å². The number of ether oxygens (including phenoxy) is 2. The molecule has 3 aromatic heterocycles. The third-order valence-electron chi connectivity index (χ3n) is 7.47. The van der Waals surface area contributed by atoms with Gasteiger partial charge in [0.15, 0.2) is 6.29 Å². The fourth-order valence-electron chi connectivity index (χ4n) is 5.11. The molecule has 1 aliphatic rings. The van der Waals surface area contributed by atoms with Gasteiger partial charge in [-0.2, -0.15) is 18.3 Å². The molecule has 0 radical (unpaired) electrons. The topological polar surface area (TPSA) is 129 Å². The number of nitrogens with zero attached hydrogens (tertiary/aromatic N) is 7. The van der Waals surface area contributed by atoms with Crippen molar-refractivity contribution in [3.8, 4) is 5.75 Å². The van der Waals surface area contributed by atoms with Crippen LogP contribution in [0.5, 0.6) is 5.75 Å². The van der Waals surface area contributed by atoms with Crippen LogP contribution in [0.2, 0.25) is 0 Å². The number of halogens is 3. The lowest BCUT2D eigenvalue weighted by Gasteiger charge is -2.32. The number of rotatable bonds is 12. The summed E-state index contributed by atoms with van der Waals surface area (Å²) < 4.78 is 55.3. The van der Waals surface area contributed by atoms with Crippen LogP contribution in [0.15, 0.2) is 59.8 Å². The van der Waals surface area contributed by atoms with E-state index in [1.807, 2.05) is 16.9 Å². The standard InChI is InChI=1S/C30H33F3N8O4/c1-20(36-26-14-35-41(29(43)28(26)30(31,32)33)15-21-3-6-25(44-2)7-4-21)18-45-19-23-16-40(38-37-23)24-9-11-39(12-10-24)27-8-5-22(17-42)13-34-27/h3-8,13-14,16-17,20,24,36H,9-12,15,18-19H2,1-2H3. The summed E-state index contributed by atoms with van der Waals surface area (Å²) in [4.78, 5) is 30.2. The van der Waals surface area contributed by atoms with Crippen LogP contribution in [0.25, 0.3) is 0 Å². The van der Waals surface area contributed by atoms with Crippen LogP contribution in [0.4, 0.5) is 24.7 Å². The molecule has 45 heavy (non-hydrogen) atoms. The van der Waals surface area contributed by atoms with Gasteiger partial charge < -0.3 is 19.7 Å². The van der Waals surface area contributed by atoms with Crippen LogP contribution in [0.1, 0.15) is 53.0 Å². The van der Waals surface area contributed by atoms with Gasteiger partial charge in [-0.15, -0.1) is 5.10 Å². The van der Waals surface area contributed by atoms with Gasteiger partial charge in [-0.05, 0) is 49.6 Å². The van der Waals surface area contributed by atoms with Gasteiger partial charge in [0.2, 0.25) is 0 Å². The summed E-state index contributed by atoms with van der Waals surface area (Å²) in [5, 5.41) is 15.1. The molecular weight excluding hydrogens is 593 g/mol. The van der Waals surface area contributed by atoms with Crippen molar-refractivity contribution in [3.63, 3.8) is 0 Å². The van der Waals surface area contributed by atoms with Crippen molar-refractivity contribution < 1.29 is 27.4 Å². The maximum Gasteiger partial charge on any atom is 0.423 e.